The predicted molar refractivity (Wildman–Crippen MR) is 62.8 cm³/mol. The van der Waals surface area contributed by atoms with Gasteiger partial charge in [0.05, 0.1) is 13.2 Å². The third-order valence-corrected chi connectivity index (χ3v) is 3.02. The van der Waals surface area contributed by atoms with Crippen molar-refractivity contribution in [3.05, 3.63) is 0 Å². The van der Waals surface area contributed by atoms with Crippen LogP contribution in [0.15, 0.2) is 0 Å². The van der Waals surface area contributed by atoms with Gasteiger partial charge in [0, 0.05) is 11.8 Å². The van der Waals surface area contributed by atoms with Crippen LogP contribution >= 0.6 is 0 Å². The molecule has 1 fully saturated rings. The summed E-state index contributed by atoms with van der Waals surface area (Å²) in [6.45, 7) is 10.3. The van der Waals surface area contributed by atoms with Crippen LogP contribution in [0.3, 0.4) is 0 Å². The first-order valence-corrected chi connectivity index (χ1v) is 6.25. The normalized spacial score (nSPS) is 24.0. The first-order valence-electron chi connectivity index (χ1n) is 6.25. The minimum absolute atomic E-state index is 0.183. The van der Waals surface area contributed by atoms with E-state index in [1.807, 2.05) is 0 Å². The summed E-state index contributed by atoms with van der Waals surface area (Å²) in [5.74, 6) is -0.316. The number of rotatable bonds is 5. The summed E-state index contributed by atoms with van der Waals surface area (Å²) in [4.78, 5) is 0. The molecular formula is C13H26O2. The highest BCUT2D eigenvalue weighted by Gasteiger charge is 2.36. The molecule has 90 valence electrons. The van der Waals surface area contributed by atoms with Crippen LogP contribution in [0.25, 0.3) is 0 Å². The predicted octanol–water partition coefficient (Wildman–Crippen LogP) is 3.75. The summed E-state index contributed by atoms with van der Waals surface area (Å²) in [5, 5.41) is 0. The molecule has 2 heteroatoms. The van der Waals surface area contributed by atoms with Crippen molar-refractivity contribution in [3.63, 3.8) is 0 Å². The van der Waals surface area contributed by atoms with Gasteiger partial charge in [-0.2, -0.15) is 0 Å². The SMILES string of the molecule is CCCCCCC1(C)OCC(C)(C)CO1. The molecular weight excluding hydrogens is 188 g/mol. The van der Waals surface area contributed by atoms with E-state index in [1.165, 1.54) is 25.7 Å². The van der Waals surface area contributed by atoms with Crippen molar-refractivity contribution in [2.75, 3.05) is 13.2 Å². The van der Waals surface area contributed by atoms with Crippen molar-refractivity contribution in [1.29, 1.82) is 0 Å². The van der Waals surface area contributed by atoms with Gasteiger partial charge in [0.2, 0.25) is 0 Å². The van der Waals surface area contributed by atoms with Gasteiger partial charge in [-0.1, -0.05) is 40.0 Å². The zero-order valence-electron chi connectivity index (χ0n) is 10.8. The third-order valence-electron chi connectivity index (χ3n) is 3.02. The van der Waals surface area contributed by atoms with E-state index in [-0.39, 0.29) is 11.2 Å². The van der Waals surface area contributed by atoms with Crippen molar-refractivity contribution in [2.45, 2.75) is 65.6 Å². The van der Waals surface area contributed by atoms with E-state index in [4.69, 9.17) is 9.47 Å². The van der Waals surface area contributed by atoms with Crippen molar-refractivity contribution >= 4 is 0 Å². The third kappa shape index (κ3) is 4.52. The van der Waals surface area contributed by atoms with Crippen molar-refractivity contribution in [2.24, 2.45) is 5.41 Å². The number of ether oxygens (including phenoxy) is 2. The van der Waals surface area contributed by atoms with E-state index in [1.54, 1.807) is 0 Å². The molecule has 0 atom stereocenters. The Balaban J connectivity index is 2.23. The highest BCUT2D eigenvalue weighted by molar-refractivity contribution is 4.77. The lowest BCUT2D eigenvalue weighted by Crippen LogP contribution is -2.45. The van der Waals surface area contributed by atoms with Gasteiger partial charge < -0.3 is 9.47 Å². The van der Waals surface area contributed by atoms with Crippen LogP contribution in [0, 0.1) is 5.41 Å². The van der Waals surface area contributed by atoms with Crippen molar-refractivity contribution < 1.29 is 9.47 Å². The molecule has 0 N–H and O–H groups in total. The molecule has 0 aromatic carbocycles. The Hall–Kier alpha value is -0.0800. The number of hydrogen-bond acceptors (Lipinski definition) is 2. The van der Waals surface area contributed by atoms with Gasteiger partial charge >= 0.3 is 0 Å². The molecule has 1 aliphatic heterocycles. The van der Waals surface area contributed by atoms with Gasteiger partial charge in [-0.15, -0.1) is 0 Å². The van der Waals surface area contributed by atoms with E-state index in [0.717, 1.165) is 19.6 Å². The van der Waals surface area contributed by atoms with Gasteiger partial charge in [-0.05, 0) is 13.3 Å². The Kier molecular flexibility index (Phi) is 4.60. The molecule has 0 aliphatic carbocycles. The fourth-order valence-electron chi connectivity index (χ4n) is 1.80. The van der Waals surface area contributed by atoms with Gasteiger partial charge in [-0.3, -0.25) is 0 Å². The maximum atomic E-state index is 5.84. The maximum Gasteiger partial charge on any atom is 0.165 e. The molecule has 0 aromatic heterocycles. The first-order chi connectivity index (χ1) is 6.97. The Labute approximate surface area is 94.3 Å². The molecule has 0 amide bonds. The molecule has 0 saturated carbocycles. The maximum absolute atomic E-state index is 5.84. The zero-order chi connectivity index (χ0) is 11.4. The van der Waals surface area contributed by atoms with Crippen LogP contribution in [-0.4, -0.2) is 19.0 Å². The summed E-state index contributed by atoms with van der Waals surface area (Å²) in [5.41, 5.74) is 0.183. The topological polar surface area (TPSA) is 18.5 Å². The molecule has 1 heterocycles. The second-order valence-electron chi connectivity index (χ2n) is 5.69. The molecule has 0 spiro atoms. The highest BCUT2D eigenvalue weighted by atomic mass is 16.7. The number of unbranched alkanes of at least 4 members (excludes halogenated alkanes) is 3. The summed E-state index contributed by atoms with van der Waals surface area (Å²) < 4.78 is 11.7. The van der Waals surface area contributed by atoms with E-state index in [0.29, 0.717) is 0 Å². The molecule has 1 saturated heterocycles. The molecule has 0 aromatic rings. The van der Waals surface area contributed by atoms with E-state index in [9.17, 15) is 0 Å². The fraction of sp³-hybridized carbons (Fsp3) is 1.00. The van der Waals surface area contributed by atoms with Crippen LogP contribution in [0.5, 0.6) is 0 Å². The quantitative estimate of drug-likeness (QED) is 0.649. The van der Waals surface area contributed by atoms with Crippen LogP contribution in [0.4, 0.5) is 0 Å². The highest BCUT2D eigenvalue weighted by Crippen LogP contribution is 2.32. The zero-order valence-corrected chi connectivity index (χ0v) is 10.8. The van der Waals surface area contributed by atoms with E-state index in [2.05, 4.69) is 27.7 Å². The molecule has 0 unspecified atom stereocenters. The molecule has 0 radical (unpaired) electrons. The standard InChI is InChI=1S/C13H26O2/c1-5-6-7-8-9-13(4)14-10-12(2,3)11-15-13/h5-11H2,1-4H3. The van der Waals surface area contributed by atoms with Gasteiger partial charge in [-0.25, -0.2) is 0 Å². The van der Waals surface area contributed by atoms with Crippen LogP contribution < -0.4 is 0 Å². The molecule has 15 heavy (non-hydrogen) atoms. The fourth-order valence-corrected chi connectivity index (χ4v) is 1.80. The van der Waals surface area contributed by atoms with Crippen LogP contribution in [-0.2, 0) is 9.47 Å². The Morgan fingerprint density at radius 2 is 1.53 bits per heavy atom. The number of hydrogen-bond donors (Lipinski definition) is 0. The molecule has 0 bridgehead atoms. The molecule has 1 aliphatic rings. The van der Waals surface area contributed by atoms with Crippen LogP contribution in [0.2, 0.25) is 0 Å². The summed E-state index contributed by atoms with van der Waals surface area (Å²) in [6.07, 6.45) is 6.14. The Morgan fingerprint density at radius 1 is 0.933 bits per heavy atom. The second-order valence-corrected chi connectivity index (χ2v) is 5.69. The van der Waals surface area contributed by atoms with Crippen molar-refractivity contribution in [1.82, 2.24) is 0 Å². The minimum Gasteiger partial charge on any atom is -0.350 e. The minimum atomic E-state index is -0.316. The van der Waals surface area contributed by atoms with Crippen LogP contribution in [0.1, 0.15) is 59.8 Å². The average molecular weight is 214 g/mol. The second kappa shape index (κ2) is 5.31. The van der Waals surface area contributed by atoms with Gasteiger partial charge in [0.15, 0.2) is 5.79 Å². The average Bonchev–Trinajstić information content (AvgIpc) is 2.19. The largest absolute Gasteiger partial charge is 0.350 e. The molecule has 2 nitrogen and oxygen atoms in total. The van der Waals surface area contributed by atoms with E-state index < -0.39 is 0 Å². The van der Waals surface area contributed by atoms with Gasteiger partial charge in [0.1, 0.15) is 0 Å². The lowest BCUT2D eigenvalue weighted by molar-refractivity contribution is -0.292. The first kappa shape index (κ1) is 13.0. The molecule has 1 rings (SSSR count). The Bertz CT molecular complexity index is 177. The summed E-state index contributed by atoms with van der Waals surface area (Å²) in [6, 6.07) is 0. The monoisotopic (exact) mass is 214 g/mol. The van der Waals surface area contributed by atoms with Crippen molar-refractivity contribution in [3.8, 4) is 0 Å². The smallest absolute Gasteiger partial charge is 0.165 e. The summed E-state index contributed by atoms with van der Waals surface area (Å²) in [7, 11) is 0. The Morgan fingerprint density at radius 3 is 2.07 bits per heavy atom. The lowest BCUT2D eigenvalue weighted by atomic mass is 9.94. The summed E-state index contributed by atoms with van der Waals surface area (Å²) >= 11 is 0. The van der Waals surface area contributed by atoms with E-state index >= 15 is 0 Å². The van der Waals surface area contributed by atoms with Gasteiger partial charge in [0.25, 0.3) is 0 Å². The lowest BCUT2D eigenvalue weighted by Gasteiger charge is -2.41.